The Morgan fingerprint density at radius 3 is 2.81 bits per heavy atom. The predicted octanol–water partition coefficient (Wildman–Crippen LogP) is 1.94. The maximum absolute atomic E-state index is 13.7. The van der Waals surface area contributed by atoms with E-state index in [0.717, 1.165) is 32.4 Å². The molecule has 5 rings (SSSR count). The second-order valence-electron chi connectivity index (χ2n) is 9.04. The number of halogens is 1. The minimum absolute atomic E-state index is 0.0766. The van der Waals surface area contributed by atoms with E-state index < -0.39 is 0 Å². The molecule has 2 aliphatic heterocycles. The Hall–Kier alpha value is -3.66. The van der Waals surface area contributed by atoms with Crippen LogP contribution in [0.1, 0.15) is 21.5 Å². The zero-order valence-electron chi connectivity index (χ0n) is 19.9. The van der Waals surface area contributed by atoms with Crippen LogP contribution in [-0.4, -0.2) is 64.9 Å². The van der Waals surface area contributed by atoms with E-state index in [1.807, 2.05) is 39.9 Å². The first-order valence-corrected chi connectivity index (χ1v) is 12.5. The Morgan fingerprint density at radius 2 is 2.06 bits per heavy atom. The molecule has 1 fully saturated rings. The largest absolute Gasteiger partial charge is 0.448 e. The summed E-state index contributed by atoms with van der Waals surface area (Å²) < 4.78 is 8.11. The second-order valence-corrected chi connectivity index (χ2v) is 9.95. The van der Waals surface area contributed by atoms with Crippen LogP contribution in [0.4, 0.5) is 0 Å². The lowest BCUT2D eigenvalue weighted by atomic mass is 10.0. The summed E-state index contributed by atoms with van der Waals surface area (Å²) in [6.45, 7) is 5.57. The van der Waals surface area contributed by atoms with E-state index in [1.165, 1.54) is 6.08 Å². The number of nitrogens with one attached hydrogen (secondary N) is 2. The molecule has 0 radical (unpaired) electrons. The molecule has 2 aliphatic rings. The summed E-state index contributed by atoms with van der Waals surface area (Å²) in [5.74, 6) is 0.351. The van der Waals surface area contributed by atoms with Crippen LogP contribution in [0.3, 0.4) is 0 Å². The van der Waals surface area contributed by atoms with E-state index in [2.05, 4.69) is 32.8 Å². The Morgan fingerprint density at radius 1 is 1.25 bits per heavy atom. The van der Waals surface area contributed by atoms with Gasteiger partial charge in [0, 0.05) is 60.2 Å². The number of carbonyl (C=O) groups excluding carboxylic acids is 3. The number of rotatable bonds is 6. The zero-order chi connectivity index (χ0) is 25.4. The van der Waals surface area contributed by atoms with Gasteiger partial charge in [0.2, 0.25) is 11.8 Å². The van der Waals surface area contributed by atoms with E-state index >= 15 is 0 Å². The van der Waals surface area contributed by atoms with E-state index in [9.17, 15) is 14.4 Å². The fourth-order valence-corrected chi connectivity index (χ4v) is 5.27. The van der Waals surface area contributed by atoms with Gasteiger partial charge in [0.15, 0.2) is 6.20 Å². The van der Waals surface area contributed by atoms with Crippen molar-refractivity contribution in [3.05, 3.63) is 70.5 Å². The number of nitrogens with zero attached hydrogens (tertiary/aromatic N) is 3. The molecule has 0 aliphatic carbocycles. The second kappa shape index (κ2) is 9.77. The lowest BCUT2D eigenvalue weighted by molar-refractivity contribution is -0.394. The molecule has 0 bridgehead atoms. The van der Waals surface area contributed by atoms with Gasteiger partial charge in [-0.2, -0.15) is 4.98 Å². The number of ether oxygens (including phenoxy) is 1. The van der Waals surface area contributed by atoms with E-state index in [-0.39, 0.29) is 30.3 Å². The fourth-order valence-electron chi connectivity index (χ4n) is 4.91. The predicted molar refractivity (Wildman–Crippen MR) is 136 cm³/mol. The Kier molecular flexibility index (Phi) is 6.53. The summed E-state index contributed by atoms with van der Waals surface area (Å²) >= 11 is 3.51. The SMILES string of the molecule is C=CC(=O)N1CC(NC(=O)Cn2cc(C(=O)N3CCc4c(cc[nH+]c4OC)C3)c3cc(Br)ccc32)C1. The number of aromatic nitrogens is 2. The highest BCUT2D eigenvalue weighted by Gasteiger charge is 2.31. The number of aromatic amines is 1. The van der Waals surface area contributed by atoms with Crippen LogP contribution in [0.25, 0.3) is 10.9 Å². The van der Waals surface area contributed by atoms with E-state index in [4.69, 9.17) is 4.74 Å². The molecule has 186 valence electrons. The molecule has 2 N–H and O–H groups in total. The highest BCUT2D eigenvalue weighted by molar-refractivity contribution is 9.10. The lowest BCUT2D eigenvalue weighted by Gasteiger charge is -2.38. The van der Waals surface area contributed by atoms with Gasteiger partial charge in [-0.3, -0.25) is 14.4 Å². The molecule has 3 aromatic rings. The number of carbonyl (C=O) groups is 3. The van der Waals surface area contributed by atoms with Gasteiger partial charge in [0.1, 0.15) is 6.54 Å². The molecule has 1 saturated heterocycles. The van der Waals surface area contributed by atoms with Gasteiger partial charge >= 0.3 is 5.88 Å². The molecular formula is C26H27BrN5O4+. The standard InChI is InChI=1S/C26H26BrN5O4/c1-3-24(34)32-12-18(13-32)29-23(33)15-31-14-21(20-10-17(27)4-5-22(20)31)26(35)30-9-7-19-16(11-30)6-8-28-25(19)36-2/h3-6,8,10,14,18H,1,7,9,11-13,15H2,2H3,(H,29,33)/p+1. The minimum Gasteiger partial charge on any atom is -0.448 e. The number of hydrogen-bond acceptors (Lipinski definition) is 4. The molecule has 36 heavy (non-hydrogen) atoms. The maximum atomic E-state index is 13.7. The topological polar surface area (TPSA) is 98.0 Å². The van der Waals surface area contributed by atoms with Gasteiger partial charge in [-0.15, -0.1) is 0 Å². The third-order valence-corrected chi connectivity index (χ3v) is 7.26. The van der Waals surface area contributed by atoms with Crippen molar-refractivity contribution in [1.29, 1.82) is 0 Å². The van der Waals surface area contributed by atoms with Gasteiger partial charge in [-0.1, -0.05) is 22.5 Å². The highest BCUT2D eigenvalue weighted by atomic mass is 79.9. The first kappa shape index (κ1) is 24.1. The van der Waals surface area contributed by atoms with Crippen LogP contribution < -0.4 is 15.0 Å². The molecule has 0 unspecified atom stereocenters. The summed E-state index contributed by atoms with van der Waals surface area (Å²) in [5.41, 5.74) is 3.51. The van der Waals surface area contributed by atoms with Crippen molar-refractivity contribution < 1.29 is 24.1 Å². The molecule has 0 atom stereocenters. The third-order valence-electron chi connectivity index (χ3n) is 6.77. The van der Waals surface area contributed by atoms with Crippen LogP contribution in [0, 0.1) is 0 Å². The van der Waals surface area contributed by atoms with Crippen molar-refractivity contribution in [1.82, 2.24) is 19.7 Å². The summed E-state index contributed by atoms with van der Waals surface area (Å²) in [6.07, 6.45) is 5.56. The molecule has 4 heterocycles. The first-order valence-electron chi connectivity index (χ1n) is 11.7. The van der Waals surface area contributed by atoms with Gasteiger partial charge in [-0.05, 0) is 29.8 Å². The molecule has 9 nitrogen and oxygen atoms in total. The van der Waals surface area contributed by atoms with Gasteiger partial charge in [0.05, 0.1) is 24.3 Å². The fraction of sp³-hybridized carbons (Fsp3) is 0.308. The Labute approximate surface area is 216 Å². The van der Waals surface area contributed by atoms with Gasteiger partial charge in [-0.25, -0.2) is 0 Å². The molecule has 10 heteroatoms. The number of likely N-dealkylation sites (tertiary alicyclic amines) is 1. The third kappa shape index (κ3) is 4.48. The lowest BCUT2D eigenvalue weighted by Crippen LogP contribution is -2.61. The maximum Gasteiger partial charge on any atom is 0.369 e. The summed E-state index contributed by atoms with van der Waals surface area (Å²) in [5, 5.41) is 3.76. The van der Waals surface area contributed by atoms with Crippen molar-refractivity contribution in [2.45, 2.75) is 25.6 Å². The summed E-state index contributed by atoms with van der Waals surface area (Å²) in [7, 11) is 1.63. The Balaban J connectivity index is 1.35. The minimum atomic E-state index is -0.167. The molecular weight excluding hydrogens is 526 g/mol. The van der Waals surface area contributed by atoms with E-state index in [0.29, 0.717) is 38.2 Å². The van der Waals surface area contributed by atoms with Gasteiger partial charge in [0.25, 0.3) is 5.91 Å². The highest BCUT2D eigenvalue weighted by Crippen LogP contribution is 2.29. The van der Waals surface area contributed by atoms with Gasteiger partial charge < -0.3 is 24.4 Å². The number of benzene rings is 1. The molecule has 3 amide bonds. The molecule has 2 aromatic heterocycles. The van der Waals surface area contributed by atoms with Crippen molar-refractivity contribution >= 4 is 44.6 Å². The number of fused-ring (bicyclic) bond motifs is 2. The number of hydrogen-bond donors (Lipinski definition) is 1. The normalized spacial score (nSPS) is 15.3. The first-order chi connectivity index (χ1) is 17.4. The molecule has 0 spiro atoms. The smallest absolute Gasteiger partial charge is 0.369 e. The number of methoxy groups -OCH3 is 1. The number of amides is 3. The Bertz CT molecular complexity index is 1380. The number of H-pyrrole nitrogens is 1. The number of pyridine rings is 1. The summed E-state index contributed by atoms with van der Waals surface area (Å²) in [4.78, 5) is 44.6. The molecule has 1 aromatic carbocycles. The van der Waals surface area contributed by atoms with Crippen molar-refractivity contribution in [2.24, 2.45) is 0 Å². The average Bonchev–Trinajstić information content (AvgIpc) is 3.21. The quantitative estimate of drug-likeness (QED) is 0.472. The summed E-state index contributed by atoms with van der Waals surface area (Å²) in [6, 6.07) is 7.61. The van der Waals surface area contributed by atoms with Crippen LogP contribution >= 0.6 is 15.9 Å². The van der Waals surface area contributed by atoms with Crippen LogP contribution in [-0.2, 0) is 29.1 Å². The van der Waals surface area contributed by atoms with Crippen molar-refractivity contribution in [3.63, 3.8) is 0 Å². The van der Waals surface area contributed by atoms with Crippen LogP contribution in [0.15, 0.2) is 53.8 Å². The average molecular weight is 553 g/mol. The van der Waals surface area contributed by atoms with Crippen molar-refractivity contribution in [3.8, 4) is 5.88 Å². The van der Waals surface area contributed by atoms with Crippen LogP contribution in [0.5, 0.6) is 5.88 Å². The van der Waals surface area contributed by atoms with Crippen molar-refractivity contribution in [2.75, 3.05) is 26.7 Å². The van der Waals surface area contributed by atoms with Crippen LogP contribution in [0.2, 0.25) is 0 Å². The zero-order valence-corrected chi connectivity index (χ0v) is 21.5. The monoisotopic (exact) mass is 552 g/mol. The molecule has 0 saturated carbocycles. The van der Waals surface area contributed by atoms with E-state index in [1.54, 1.807) is 18.2 Å².